The average Bonchev–Trinajstić information content (AvgIpc) is 2.54. The van der Waals surface area contributed by atoms with Crippen LogP contribution in [0, 0.1) is 5.92 Å². The monoisotopic (exact) mass is 362 g/mol. The Labute approximate surface area is 157 Å². The number of carbonyl (C=O) groups is 2. The number of anilines is 1. The van der Waals surface area contributed by atoms with Crippen molar-refractivity contribution in [3.05, 3.63) is 29.8 Å². The van der Waals surface area contributed by atoms with Gasteiger partial charge in [0.1, 0.15) is 0 Å². The molecular formula is C21H34N2O3. The molecule has 1 rings (SSSR count). The molecular weight excluding hydrogens is 328 g/mol. The fourth-order valence-electron chi connectivity index (χ4n) is 2.56. The van der Waals surface area contributed by atoms with E-state index in [-0.39, 0.29) is 23.8 Å². The van der Waals surface area contributed by atoms with Gasteiger partial charge in [0.25, 0.3) is 0 Å². The van der Waals surface area contributed by atoms with Gasteiger partial charge < -0.3 is 15.4 Å². The molecule has 0 bridgehead atoms. The maximum atomic E-state index is 12.1. The van der Waals surface area contributed by atoms with E-state index in [1.807, 2.05) is 45.0 Å². The minimum Gasteiger partial charge on any atom is -0.379 e. The van der Waals surface area contributed by atoms with Crippen LogP contribution in [0.5, 0.6) is 0 Å². The maximum Gasteiger partial charge on any atom is 0.224 e. The van der Waals surface area contributed by atoms with E-state index >= 15 is 0 Å². The fourth-order valence-corrected chi connectivity index (χ4v) is 2.56. The molecule has 0 aliphatic rings. The molecule has 2 amide bonds. The van der Waals surface area contributed by atoms with Crippen LogP contribution in [0.1, 0.15) is 65.4 Å². The minimum atomic E-state index is -0.0621. The molecule has 0 aliphatic carbocycles. The van der Waals surface area contributed by atoms with E-state index in [1.165, 1.54) is 5.56 Å². The standard InChI is InChI=1S/C21H34N2O3/c1-15(2)18-7-9-19(10-8-18)23-21(25)14-17(5)13-20(24)22-11-6-12-26-16(3)4/h7-10,15-17H,6,11-14H2,1-5H3,(H,22,24)(H,23,25). The fraction of sp³-hybridized carbons (Fsp3) is 0.619. The van der Waals surface area contributed by atoms with Gasteiger partial charge in [-0.1, -0.05) is 32.9 Å². The summed E-state index contributed by atoms with van der Waals surface area (Å²) in [5.74, 6) is 0.385. The molecule has 1 aromatic rings. The van der Waals surface area contributed by atoms with E-state index in [2.05, 4.69) is 24.5 Å². The zero-order chi connectivity index (χ0) is 19.5. The van der Waals surface area contributed by atoms with E-state index in [0.717, 1.165) is 12.1 Å². The van der Waals surface area contributed by atoms with Gasteiger partial charge in [0, 0.05) is 31.7 Å². The third-order valence-corrected chi connectivity index (χ3v) is 4.02. The number of nitrogens with one attached hydrogen (secondary N) is 2. The quantitative estimate of drug-likeness (QED) is 0.583. The van der Waals surface area contributed by atoms with Gasteiger partial charge in [0.05, 0.1) is 6.10 Å². The van der Waals surface area contributed by atoms with Crippen LogP contribution in [0.2, 0.25) is 0 Å². The Morgan fingerprint density at radius 3 is 2.15 bits per heavy atom. The predicted octanol–water partition coefficient (Wildman–Crippen LogP) is 4.10. The van der Waals surface area contributed by atoms with E-state index < -0.39 is 0 Å². The number of hydrogen-bond acceptors (Lipinski definition) is 3. The van der Waals surface area contributed by atoms with Crippen LogP contribution < -0.4 is 10.6 Å². The third-order valence-electron chi connectivity index (χ3n) is 4.02. The smallest absolute Gasteiger partial charge is 0.224 e. The second-order valence-corrected chi connectivity index (χ2v) is 7.46. The van der Waals surface area contributed by atoms with Crippen molar-refractivity contribution < 1.29 is 14.3 Å². The molecule has 5 nitrogen and oxygen atoms in total. The van der Waals surface area contributed by atoms with E-state index in [1.54, 1.807) is 0 Å². The second kappa shape index (κ2) is 11.7. The summed E-state index contributed by atoms with van der Waals surface area (Å²) >= 11 is 0. The molecule has 5 heteroatoms. The molecule has 26 heavy (non-hydrogen) atoms. The predicted molar refractivity (Wildman–Crippen MR) is 106 cm³/mol. The number of carbonyl (C=O) groups excluding carboxylic acids is 2. The molecule has 1 aromatic carbocycles. The third kappa shape index (κ3) is 9.56. The normalized spacial score (nSPS) is 12.3. The van der Waals surface area contributed by atoms with E-state index in [4.69, 9.17) is 4.74 Å². The van der Waals surface area contributed by atoms with Crippen molar-refractivity contribution >= 4 is 17.5 Å². The molecule has 0 radical (unpaired) electrons. The number of benzene rings is 1. The van der Waals surface area contributed by atoms with Crippen molar-refractivity contribution in [1.82, 2.24) is 5.32 Å². The van der Waals surface area contributed by atoms with Crippen molar-refractivity contribution in [2.24, 2.45) is 5.92 Å². The number of hydrogen-bond donors (Lipinski definition) is 2. The first kappa shape index (κ1) is 22.2. The first-order valence-electron chi connectivity index (χ1n) is 9.56. The zero-order valence-corrected chi connectivity index (χ0v) is 16.8. The summed E-state index contributed by atoms with van der Waals surface area (Å²) in [5, 5.41) is 5.77. The lowest BCUT2D eigenvalue weighted by atomic mass is 10.0. The summed E-state index contributed by atoms with van der Waals surface area (Å²) in [6, 6.07) is 7.90. The summed E-state index contributed by atoms with van der Waals surface area (Å²) < 4.78 is 5.43. The summed E-state index contributed by atoms with van der Waals surface area (Å²) in [4.78, 5) is 24.0. The molecule has 0 saturated heterocycles. The second-order valence-electron chi connectivity index (χ2n) is 7.46. The van der Waals surface area contributed by atoms with Gasteiger partial charge >= 0.3 is 0 Å². The van der Waals surface area contributed by atoms with Crippen LogP contribution >= 0.6 is 0 Å². The van der Waals surface area contributed by atoms with Crippen LogP contribution in [-0.2, 0) is 14.3 Å². The Morgan fingerprint density at radius 1 is 0.962 bits per heavy atom. The van der Waals surface area contributed by atoms with Gasteiger partial charge in [-0.3, -0.25) is 9.59 Å². The van der Waals surface area contributed by atoms with Crippen molar-refractivity contribution in [2.45, 2.75) is 65.9 Å². The first-order chi connectivity index (χ1) is 12.3. The van der Waals surface area contributed by atoms with Gasteiger partial charge in [-0.15, -0.1) is 0 Å². The Kier molecular flexibility index (Phi) is 9.96. The summed E-state index contributed by atoms with van der Waals surface area (Å²) in [7, 11) is 0. The lowest BCUT2D eigenvalue weighted by Gasteiger charge is -2.13. The molecule has 0 fully saturated rings. The Morgan fingerprint density at radius 2 is 1.58 bits per heavy atom. The number of amides is 2. The van der Waals surface area contributed by atoms with Gasteiger partial charge in [-0.2, -0.15) is 0 Å². The molecule has 0 spiro atoms. The van der Waals surface area contributed by atoms with E-state index in [0.29, 0.717) is 31.9 Å². The van der Waals surface area contributed by atoms with Gasteiger partial charge in [0.2, 0.25) is 11.8 Å². The van der Waals surface area contributed by atoms with Gasteiger partial charge in [0.15, 0.2) is 0 Å². The van der Waals surface area contributed by atoms with Crippen molar-refractivity contribution in [2.75, 3.05) is 18.5 Å². The average molecular weight is 363 g/mol. The summed E-state index contributed by atoms with van der Waals surface area (Å²) in [6.07, 6.45) is 1.69. The number of ether oxygens (including phenoxy) is 1. The van der Waals surface area contributed by atoms with Crippen molar-refractivity contribution in [1.29, 1.82) is 0 Å². The highest BCUT2D eigenvalue weighted by molar-refractivity contribution is 5.91. The summed E-state index contributed by atoms with van der Waals surface area (Å²) in [5.41, 5.74) is 2.04. The minimum absolute atomic E-state index is 0.00292. The summed E-state index contributed by atoms with van der Waals surface area (Å²) in [6.45, 7) is 11.4. The zero-order valence-electron chi connectivity index (χ0n) is 16.8. The Bertz CT molecular complexity index is 553. The topological polar surface area (TPSA) is 67.4 Å². The highest BCUT2D eigenvalue weighted by Crippen LogP contribution is 2.18. The van der Waals surface area contributed by atoms with Crippen LogP contribution in [0.25, 0.3) is 0 Å². The van der Waals surface area contributed by atoms with Crippen molar-refractivity contribution in [3.63, 3.8) is 0 Å². The SMILES string of the molecule is CC(CC(=O)NCCCOC(C)C)CC(=O)Nc1ccc(C(C)C)cc1. The molecule has 0 aromatic heterocycles. The number of rotatable bonds is 11. The van der Waals surface area contributed by atoms with Gasteiger partial charge in [-0.25, -0.2) is 0 Å². The van der Waals surface area contributed by atoms with Crippen LogP contribution in [-0.4, -0.2) is 31.1 Å². The lowest BCUT2D eigenvalue weighted by Crippen LogP contribution is -2.28. The largest absolute Gasteiger partial charge is 0.379 e. The lowest BCUT2D eigenvalue weighted by molar-refractivity contribution is -0.122. The van der Waals surface area contributed by atoms with Crippen LogP contribution in [0.15, 0.2) is 24.3 Å². The molecule has 1 atom stereocenters. The highest BCUT2D eigenvalue weighted by atomic mass is 16.5. The molecule has 146 valence electrons. The molecule has 0 heterocycles. The van der Waals surface area contributed by atoms with E-state index in [9.17, 15) is 9.59 Å². The van der Waals surface area contributed by atoms with Crippen LogP contribution in [0.4, 0.5) is 5.69 Å². The van der Waals surface area contributed by atoms with Crippen LogP contribution in [0.3, 0.4) is 0 Å². The molecule has 0 aliphatic heterocycles. The molecule has 1 unspecified atom stereocenters. The Hall–Kier alpha value is -1.88. The van der Waals surface area contributed by atoms with Gasteiger partial charge in [-0.05, 0) is 49.8 Å². The molecule has 0 saturated carbocycles. The van der Waals surface area contributed by atoms with Crippen molar-refractivity contribution in [3.8, 4) is 0 Å². The Balaban J connectivity index is 2.25. The molecule has 2 N–H and O–H groups in total. The maximum absolute atomic E-state index is 12.1. The first-order valence-corrected chi connectivity index (χ1v) is 9.56. The highest BCUT2D eigenvalue weighted by Gasteiger charge is 2.13.